The van der Waals surface area contributed by atoms with Gasteiger partial charge in [0.15, 0.2) is 11.5 Å². The molecule has 0 bridgehead atoms. The van der Waals surface area contributed by atoms with Gasteiger partial charge in [0.05, 0.1) is 13.3 Å². The minimum absolute atomic E-state index is 0.264. The Balaban J connectivity index is 1.50. The Kier molecular flexibility index (Phi) is 7.71. The van der Waals surface area contributed by atoms with E-state index < -0.39 is 6.10 Å². The lowest BCUT2D eigenvalue weighted by atomic mass is 10.2. The monoisotopic (exact) mass is 388 g/mol. The molecule has 1 fully saturated rings. The Morgan fingerprint density at radius 2 is 1.96 bits per heavy atom. The van der Waals surface area contributed by atoms with Crippen LogP contribution in [0.25, 0.3) is 0 Å². The summed E-state index contributed by atoms with van der Waals surface area (Å²) in [7, 11) is 1.63. The van der Waals surface area contributed by atoms with E-state index in [0.29, 0.717) is 24.6 Å². The van der Waals surface area contributed by atoms with Crippen LogP contribution in [0.4, 0.5) is 0 Å². The molecule has 2 heterocycles. The van der Waals surface area contributed by atoms with Crippen LogP contribution in [0.3, 0.4) is 0 Å². The lowest BCUT2D eigenvalue weighted by molar-refractivity contribution is 0.0746. The van der Waals surface area contributed by atoms with Gasteiger partial charge in [-0.15, -0.1) is 0 Å². The predicted octanol–water partition coefficient (Wildman–Crippen LogP) is 2.04. The van der Waals surface area contributed by atoms with Crippen molar-refractivity contribution in [2.24, 2.45) is 0 Å². The first-order chi connectivity index (χ1) is 13.7. The van der Waals surface area contributed by atoms with E-state index >= 15 is 0 Å². The van der Waals surface area contributed by atoms with Gasteiger partial charge < -0.3 is 24.8 Å². The Bertz CT molecular complexity index is 728. The normalized spacial score (nSPS) is 15.7. The van der Waals surface area contributed by atoms with E-state index in [1.165, 1.54) is 12.8 Å². The Labute approximate surface area is 167 Å². The van der Waals surface area contributed by atoms with Gasteiger partial charge in [-0.1, -0.05) is 6.07 Å². The maximum Gasteiger partial charge on any atom is 0.161 e. The third-order valence-corrected chi connectivity index (χ3v) is 5.00. The first-order valence-electron chi connectivity index (χ1n) is 10.1. The number of rotatable bonds is 11. The van der Waals surface area contributed by atoms with E-state index in [4.69, 9.17) is 9.47 Å². The summed E-state index contributed by atoms with van der Waals surface area (Å²) in [6, 6.07) is 5.91. The summed E-state index contributed by atoms with van der Waals surface area (Å²) in [4.78, 5) is 2.28. The highest BCUT2D eigenvalue weighted by molar-refractivity contribution is 5.43. The fourth-order valence-electron chi connectivity index (χ4n) is 3.47. The van der Waals surface area contributed by atoms with E-state index in [-0.39, 0.29) is 6.61 Å². The number of likely N-dealkylation sites (tertiary alicyclic amines) is 1. The van der Waals surface area contributed by atoms with Crippen molar-refractivity contribution in [2.45, 2.75) is 45.5 Å². The van der Waals surface area contributed by atoms with Gasteiger partial charge >= 0.3 is 0 Å². The zero-order valence-corrected chi connectivity index (χ0v) is 16.9. The second-order valence-electron chi connectivity index (χ2n) is 7.27. The van der Waals surface area contributed by atoms with Gasteiger partial charge in [-0.25, -0.2) is 0 Å². The molecule has 1 atom stereocenters. The molecule has 0 saturated carbocycles. The largest absolute Gasteiger partial charge is 0.493 e. The van der Waals surface area contributed by atoms with Gasteiger partial charge in [0.2, 0.25) is 0 Å². The lowest BCUT2D eigenvalue weighted by Crippen LogP contribution is -2.33. The van der Waals surface area contributed by atoms with Crippen LogP contribution in [0.5, 0.6) is 11.5 Å². The molecule has 154 valence electrons. The quantitative estimate of drug-likeness (QED) is 0.614. The molecule has 0 spiro atoms. The van der Waals surface area contributed by atoms with Crippen molar-refractivity contribution in [3.05, 3.63) is 41.7 Å². The summed E-state index contributed by atoms with van der Waals surface area (Å²) in [5.74, 6) is 1.35. The van der Waals surface area contributed by atoms with Crippen LogP contribution in [0.2, 0.25) is 0 Å². The van der Waals surface area contributed by atoms with Crippen molar-refractivity contribution in [3.63, 3.8) is 0 Å². The average Bonchev–Trinajstić information content (AvgIpc) is 3.38. The molecule has 0 aliphatic carbocycles. The number of aromatic nitrogens is 2. The van der Waals surface area contributed by atoms with E-state index in [0.717, 1.165) is 37.3 Å². The topological polar surface area (TPSA) is 71.8 Å². The molecule has 1 aromatic carbocycles. The second-order valence-corrected chi connectivity index (χ2v) is 7.27. The predicted molar refractivity (Wildman–Crippen MR) is 109 cm³/mol. The van der Waals surface area contributed by atoms with Gasteiger partial charge in [-0.3, -0.25) is 4.68 Å². The molecule has 0 amide bonds. The molecule has 7 heteroatoms. The summed E-state index contributed by atoms with van der Waals surface area (Å²) in [5.41, 5.74) is 2.27. The highest BCUT2D eigenvalue weighted by Gasteiger charge is 2.17. The molecule has 1 aliphatic heterocycles. The summed E-state index contributed by atoms with van der Waals surface area (Å²) in [6.45, 7) is 7.49. The van der Waals surface area contributed by atoms with E-state index in [9.17, 15) is 5.11 Å². The molecule has 1 aromatic heterocycles. The van der Waals surface area contributed by atoms with Gasteiger partial charge in [-0.05, 0) is 50.6 Å². The van der Waals surface area contributed by atoms with Crippen LogP contribution in [-0.4, -0.2) is 59.2 Å². The number of hydrogen-bond acceptors (Lipinski definition) is 6. The second kappa shape index (κ2) is 10.5. The average molecular weight is 389 g/mol. The molecule has 3 rings (SSSR count). The SMILES string of the molecule is CCn1cc(CNCc2ccc(OC)c(OCC(O)CN3CCCC3)c2)cn1. The molecule has 2 aromatic rings. The number of benzene rings is 1. The van der Waals surface area contributed by atoms with Crippen LogP contribution in [-0.2, 0) is 19.6 Å². The first kappa shape index (κ1) is 20.6. The van der Waals surface area contributed by atoms with Crippen molar-refractivity contribution in [2.75, 3.05) is 33.4 Å². The Hall–Kier alpha value is -2.09. The number of hydrogen-bond donors (Lipinski definition) is 2. The maximum absolute atomic E-state index is 10.3. The molecular weight excluding hydrogens is 356 g/mol. The number of β-amino-alcohol motifs (C(OH)–C–C–N with tert-alkyl or cyclic N) is 1. The highest BCUT2D eigenvalue weighted by Crippen LogP contribution is 2.28. The van der Waals surface area contributed by atoms with Crippen molar-refractivity contribution in [3.8, 4) is 11.5 Å². The summed E-state index contributed by atoms with van der Waals surface area (Å²) in [6.07, 6.45) is 5.88. The summed E-state index contributed by atoms with van der Waals surface area (Å²) < 4.78 is 13.2. The molecule has 1 unspecified atom stereocenters. The van der Waals surface area contributed by atoms with Crippen molar-refractivity contribution >= 4 is 0 Å². The summed E-state index contributed by atoms with van der Waals surface area (Å²) >= 11 is 0. The molecule has 2 N–H and O–H groups in total. The zero-order chi connectivity index (χ0) is 19.8. The van der Waals surface area contributed by atoms with E-state index in [2.05, 4.69) is 28.4 Å². The number of nitrogens with one attached hydrogen (secondary N) is 1. The van der Waals surface area contributed by atoms with E-state index in [1.807, 2.05) is 29.1 Å². The molecule has 7 nitrogen and oxygen atoms in total. The number of methoxy groups -OCH3 is 1. The van der Waals surface area contributed by atoms with Crippen LogP contribution >= 0.6 is 0 Å². The highest BCUT2D eigenvalue weighted by atomic mass is 16.5. The standard InChI is InChI=1S/C21H32N4O3/c1-3-25-14-18(13-23-25)12-22-11-17-6-7-20(27-2)21(10-17)28-16-19(26)15-24-8-4-5-9-24/h6-7,10,13-14,19,22,26H,3-5,8-9,11-12,15-16H2,1-2H3. The van der Waals surface area contributed by atoms with Crippen LogP contribution < -0.4 is 14.8 Å². The van der Waals surface area contributed by atoms with Crippen molar-refractivity contribution in [1.29, 1.82) is 0 Å². The third-order valence-electron chi connectivity index (χ3n) is 5.00. The molecule has 1 aliphatic rings. The maximum atomic E-state index is 10.3. The lowest BCUT2D eigenvalue weighted by Gasteiger charge is -2.20. The number of aliphatic hydroxyl groups excluding tert-OH is 1. The fourth-order valence-corrected chi connectivity index (χ4v) is 3.47. The van der Waals surface area contributed by atoms with Crippen LogP contribution in [0, 0.1) is 0 Å². The number of aryl methyl sites for hydroxylation is 1. The number of aliphatic hydroxyl groups is 1. The zero-order valence-electron chi connectivity index (χ0n) is 16.9. The van der Waals surface area contributed by atoms with Gasteiger partial charge in [0, 0.05) is 37.9 Å². The van der Waals surface area contributed by atoms with Gasteiger partial charge in [-0.2, -0.15) is 5.10 Å². The van der Waals surface area contributed by atoms with E-state index in [1.54, 1.807) is 7.11 Å². The van der Waals surface area contributed by atoms with Crippen LogP contribution in [0.1, 0.15) is 30.9 Å². The minimum Gasteiger partial charge on any atom is -0.493 e. The number of nitrogens with zero attached hydrogens (tertiary/aromatic N) is 3. The van der Waals surface area contributed by atoms with Crippen molar-refractivity contribution < 1.29 is 14.6 Å². The van der Waals surface area contributed by atoms with Gasteiger partial charge in [0.25, 0.3) is 0 Å². The molecular formula is C21H32N4O3. The minimum atomic E-state index is -0.500. The van der Waals surface area contributed by atoms with Crippen LogP contribution in [0.15, 0.2) is 30.6 Å². The fraction of sp³-hybridized carbons (Fsp3) is 0.571. The molecule has 28 heavy (non-hydrogen) atoms. The smallest absolute Gasteiger partial charge is 0.161 e. The molecule has 1 saturated heterocycles. The van der Waals surface area contributed by atoms with Crippen molar-refractivity contribution in [1.82, 2.24) is 20.0 Å². The van der Waals surface area contributed by atoms with Gasteiger partial charge in [0.1, 0.15) is 12.7 Å². The Morgan fingerprint density at radius 1 is 1.18 bits per heavy atom. The first-order valence-corrected chi connectivity index (χ1v) is 10.1. The molecule has 0 radical (unpaired) electrons. The Morgan fingerprint density at radius 3 is 2.68 bits per heavy atom. The summed E-state index contributed by atoms with van der Waals surface area (Å²) in [5, 5.41) is 18.0. The third kappa shape index (κ3) is 5.95. The number of ether oxygens (including phenoxy) is 2.